The average molecular weight is 252 g/mol. The molecule has 5 nitrogen and oxygen atoms in total. The van der Waals surface area contributed by atoms with E-state index in [9.17, 15) is 0 Å². The van der Waals surface area contributed by atoms with E-state index < -0.39 is 16.4 Å². The predicted octanol–water partition coefficient (Wildman–Crippen LogP) is 0.840. The van der Waals surface area contributed by atoms with Crippen molar-refractivity contribution in [1.29, 1.82) is 0 Å². The second-order valence-electron chi connectivity index (χ2n) is 3.59. The van der Waals surface area contributed by atoms with Crippen LogP contribution in [0, 0.1) is 0 Å². The van der Waals surface area contributed by atoms with E-state index >= 15 is 0 Å². The first kappa shape index (κ1) is 13.3. The molecule has 1 rings (SSSR count). The lowest BCUT2D eigenvalue weighted by Crippen LogP contribution is -2.73. The third-order valence-corrected chi connectivity index (χ3v) is 14.2. The van der Waals surface area contributed by atoms with Gasteiger partial charge in [-0.15, -0.1) is 0 Å². The first-order chi connectivity index (χ1) is 7.09. The van der Waals surface area contributed by atoms with Gasteiger partial charge in [-0.3, -0.25) is 0 Å². The smallest absolute Gasteiger partial charge is 0.395 e. The summed E-state index contributed by atoms with van der Waals surface area (Å²) in [4.78, 5) is 0. The molecule has 1 saturated heterocycles. The van der Waals surface area contributed by atoms with Crippen LogP contribution in [0.1, 0.15) is 13.3 Å². The average Bonchev–Trinajstić information content (AvgIpc) is 2.29. The maximum Gasteiger partial charge on any atom is 0.539 e. The Hall–Kier alpha value is 0.234. The van der Waals surface area contributed by atoms with E-state index in [1.165, 1.54) is 0 Å². The maximum absolute atomic E-state index is 5.88. The van der Waals surface area contributed by atoms with Crippen molar-refractivity contribution < 1.29 is 22.1 Å². The van der Waals surface area contributed by atoms with Gasteiger partial charge in [0.05, 0.1) is 0 Å². The van der Waals surface area contributed by atoms with Gasteiger partial charge >= 0.3 is 16.4 Å². The summed E-state index contributed by atoms with van der Waals surface area (Å²) in [7, 11) is 1.25. The van der Waals surface area contributed by atoms with Crippen molar-refractivity contribution in [3.8, 4) is 0 Å². The molecule has 0 aromatic carbocycles. The van der Waals surface area contributed by atoms with Gasteiger partial charge in [0.2, 0.25) is 0 Å². The Balaban J connectivity index is 3.01. The quantitative estimate of drug-likeness (QED) is 0.694. The molecule has 0 aliphatic carbocycles. The van der Waals surface area contributed by atoms with Crippen LogP contribution in [-0.2, 0) is 22.1 Å². The molecule has 0 bridgehead atoms. The first-order valence-electron chi connectivity index (χ1n) is 4.98. The molecule has 90 valence electrons. The van der Waals surface area contributed by atoms with Gasteiger partial charge in [-0.25, -0.2) is 0 Å². The summed E-state index contributed by atoms with van der Waals surface area (Å²) in [5, 5.41) is 0. The minimum atomic E-state index is -2.78. The van der Waals surface area contributed by atoms with Crippen LogP contribution in [0.15, 0.2) is 0 Å². The molecule has 1 unspecified atom stereocenters. The Labute approximate surface area is 93.0 Å². The highest BCUT2D eigenvalue weighted by Crippen LogP contribution is 2.35. The number of hydrogen-bond acceptors (Lipinski definition) is 5. The largest absolute Gasteiger partial charge is 0.539 e. The second kappa shape index (κ2) is 5.04. The molecule has 7 heteroatoms. The standard InChI is InChI=1S/C8H20O5Si2/c1-8-6-7-14(9-2,10-3)15(11-4,12-5)13-8/h8H,6-7H2,1-5H3. The van der Waals surface area contributed by atoms with Crippen molar-refractivity contribution in [3.63, 3.8) is 0 Å². The van der Waals surface area contributed by atoms with Gasteiger partial charge in [-0.05, 0) is 19.4 Å². The van der Waals surface area contributed by atoms with Crippen LogP contribution in [0.25, 0.3) is 0 Å². The molecule has 1 aliphatic heterocycles. The predicted molar refractivity (Wildman–Crippen MR) is 59.5 cm³/mol. The summed E-state index contributed by atoms with van der Waals surface area (Å²) in [6, 6.07) is 0.856. The van der Waals surface area contributed by atoms with Crippen molar-refractivity contribution in [2.75, 3.05) is 28.4 Å². The molecular formula is C8H20O5Si2. The first-order valence-corrected chi connectivity index (χ1v) is 9.73. The van der Waals surface area contributed by atoms with Crippen LogP contribution in [0.5, 0.6) is 0 Å². The highest BCUT2D eigenvalue weighted by molar-refractivity contribution is 7.29. The van der Waals surface area contributed by atoms with Crippen molar-refractivity contribution in [1.82, 2.24) is 0 Å². The van der Waals surface area contributed by atoms with E-state index in [0.717, 1.165) is 12.5 Å². The molecule has 0 radical (unpaired) electrons. The van der Waals surface area contributed by atoms with E-state index in [4.69, 9.17) is 22.1 Å². The molecule has 15 heavy (non-hydrogen) atoms. The van der Waals surface area contributed by atoms with Crippen LogP contribution < -0.4 is 0 Å². The molecule has 0 aromatic heterocycles. The Kier molecular flexibility index (Phi) is 4.47. The number of rotatable bonds is 4. The van der Waals surface area contributed by atoms with Gasteiger partial charge in [0.25, 0.3) is 0 Å². The third-order valence-electron chi connectivity index (χ3n) is 2.90. The minimum Gasteiger partial charge on any atom is -0.395 e. The van der Waals surface area contributed by atoms with Crippen molar-refractivity contribution in [2.24, 2.45) is 0 Å². The molecule has 1 heterocycles. The minimum absolute atomic E-state index is 0.141. The van der Waals surface area contributed by atoms with Crippen LogP contribution in [-0.4, -0.2) is 50.9 Å². The van der Waals surface area contributed by atoms with E-state index in [1.54, 1.807) is 28.4 Å². The van der Waals surface area contributed by atoms with Crippen LogP contribution in [0.2, 0.25) is 6.04 Å². The topological polar surface area (TPSA) is 46.2 Å². The fourth-order valence-electron chi connectivity index (χ4n) is 1.99. The zero-order valence-electron chi connectivity index (χ0n) is 10.0. The Bertz CT molecular complexity index is 205. The second-order valence-corrected chi connectivity index (χ2v) is 12.7. The van der Waals surface area contributed by atoms with E-state index in [2.05, 4.69) is 0 Å². The molecule has 0 saturated carbocycles. The zero-order valence-corrected chi connectivity index (χ0v) is 12.0. The molecule has 0 spiro atoms. The fourth-order valence-corrected chi connectivity index (χ4v) is 11.8. The summed E-state index contributed by atoms with van der Waals surface area (Å²) in [6.07, 6.45) is 1.07. The summed E-state index contributed by atoms with van der Waals surface area (Å²) >= 11 is 0. The lowest BCUT2D eigenvalue weighted by Gasteiger charge is -2.44. The lowest BCUT2D eigenvalue weighted by molar-refractivity contribution is 0.0467. The zero-order chi connectivity index (χ0) is 11.5. The summed E-state index contributed by atoms with van der Waals surface area (Å²) in [5.41, 5.74) is 0. The van der Waals surface area contributed by atoms with Gasteiger partial charge in [0.15, 0.2) is 0 Å². The lowest BCUT2D eigenvalue weighted by atomic mass is 10.3. The van der Waals surface area contributed by atoms with E-state index in [0.29, 0.717) is 0 Å². The molecule has 1 atom stereocenters. The van der Waals surface area contributed by atoms with E-state index in [1.807, 2.05) is 6.92 Å². The monoisotopic (exact) mass is 252 g/mol. The summed E-state index contributed by atoms with van der Waals surface area (Å²) in [5.74, 6) is 0. The summed E-state index contributed by atoms with van der Waals surface area (Å²) < 4.78 is 28.0. The van der Waals surface area contributed by atoms with Gasteiger partial charge < -0.3 is 22.1 Å². The Morgan fingerprint density at radius 1 is 1.00 bits per heavy atom. The molecule has 0 amide bonds. The SMILES string of the molecule is CO[Si]1(OC)CCC(C)O[Si]1(OC)OC. The van der Waals surface area contributed by atoms with Gasteiger partial charge in [-0.2, -0.15) is 0 Å². The number of hydrogen-bond donors (Lipinski definition) is 0. The molecule has 0 N–H and O–H groups in total. The van der Waals surface area contributed by atoms with Crippen molar-refractivity contribution in [3.05, 3.63) is 0 Å². The molecule has 0 aromatic rings. The van der Waals surface area contributed by atoms with Crippen LogP contribution in [0.4, 0.5) is 0 Å². The van der Waals surface area contributed by atoms with Crippen molar-refractivity contribution in [2.45, 2.75) is 25.5 Å². The van der Waals surface area contributed by atoms with Crippen LogP contribution in [0.3, 0.4) is 0 Å². The maximum atomic E-state index is 5.88. The molecule has 1 aliphatic rings. The van der Waals surface area contributed by atoms with E-state index in [-0.39, 0.29) is 6.10 Å². The normalized spacial score (nSPS) is 29.0. The Morgan fingerprint density at radius 3 is 1.93 bits per heavy atom. The summed E-state index contributed by atoms with van der Waals surface area (Å²) in [6.45, 7) is 2.02. The van der Waals surface area contributed by atoms with Gasteiger partial charge in [0, 0.05) is 34.5 Å². The van der Waals surface area contributed by atoms with Crippen LogP contribution >= 0.6 is 0 Å². The van der Waals surface area contributed by atoms with Gasteiger partial charge in [-0.1, -0.05) is 0 Å². The van der Waals surface area contributed by atoms with Gasteiger partial charge in [0.1, 0.15) is 0 Å². The fraction of sp³-hybridized carbons (Fsp3) is 1.00. The molecule has 1 fully saturated rings. The van der Waals surface area contributed by atoms with Crippen molar-refractivity contribution >= 4 is 16.4 Å². The third kappa shape index (κ3) is 2.05. The molecular weight excluding hydrogens is 232 g/mol. The Morgan fingerprint density at radius 2 is 1.53 bits per heavy atom. The highest BCUT2D eigenvalue weighted by atomic mass is 29.3. The highest BCUT2D eigenvalue weighted by Gasteiger charge is 2.69.